The van der Waals surface area contributed by atoms with E-state index in [4.69, 9.17) is 4.74 Å². The number of Topliss-reactive ketones (excluding diaryl/α,β-unsaturated/α-hetero) is 1. The first-order valence-electron chi connectivity index (χ1n) is 7.35. The molecule has 0 radical (unpaired) electrons. The van der Waals surface area contributed by atoms with Gasteiger partial charge in [0.2, 0.25) is 0 Å². The van der Waals surface area contributed by atoms with E-state index in [0.717, 1.165) is 5.39 Å². The molecule has 0 aliphatic rings. The SMILES string of the molecule is O=C(COC(=O)c1ccc2ccccc2n1)c1ccc([N+](=O)[O-])cc1. The van der Waals surface area contributed by atoms with E-state index < -0.39 is 23.3 Å². The Morgan fingerprint density at radius 2 is 1.72 bits per heavy atom. The molecule has 2 aromatic carbocycles. The Hall–Kier alpha value is -3.61. The first-order valence-corrected chi connectivity index (χ1v) is 7.35. The molecule has 0 aliphatic carbocycles. The van der Waals surface area contributed by atoms with Crippen LogP contribution in [0, 0.1) is 10.1 Å². The van der Waals surface area contributed by atoms with E-state index in [0.29, 0.717) is 5.52 Å². The van der Waals surface area contributed by atoms with E-state index in [9.17, 15) is 19.7 Å². The van der Waals surface area contributed by atoms with Crippen molar-refractivity contribution in [2.45, 2.75) is 0 Å². The molecule has 7 heteroatoms. The Morgan fingerprint density at radius 1 is 1.00 bits per heavy atom. The van der Waals surface area contributed by atoms with Crippen LogP contribution in [-0.2, 0) is 4.74 Å². The van der Waals surface area contributed by atoms with Crippen LogP contribution in [0.15, 0.2) is 60.7 Å². The molecule has 0 unspecified atom stereocenters. The molecule has 1 aromatic heterocycles. The lowest BCUT2D eigenvalue weighted by atomic mass is 10.1. The molecule has 0 atom stereocenters. The van der Waals surface area contributed by atoms with Crippen LogP contribution in [0.4, 0.5) is 5.69 Å². The van der Waals surface area contributed by atoms with E-state index >= 15 is 0 Å². The maximum atomic E-state index is 12.0. The zero-order valence-electron chi connectivity index (χ0n) is 12.9. The molecule has 7 nitrogen and oxygen atoms in total. The Balaban J connectivity index is 1.66. The van der Waals surface area contributed by atoms with Crippen molar-refractivity contribution in [2.24, 2.45) is 0 Å². The van der Waals surface area contributed by atoms with Gasteiger partial charge in [0.05, 0.1) is 10.4 Å². The summed E-state index contributed by atoms with van der Waals surface area (Å²) >= 11 is 0. The summed E-state index contributed by atoms with van der Waals surface area (Å²) in [4.78, 5) is 38.3. The van der Waals surface area contributed by atoms with Crippen molar-refractivity contribution in [1.29, 1.82) is 0 Å². The number of esters is 1. The number of para-hydroxylation sites is 1. The summed E-state index contributed by atoms with van der Waals surface area (Å²) in [6.45, 7) is -0.467. The Bertz CT molecular complexity index is 967. The number of rotatable bonds is 5. The van der Waals surface area contributed by atoms with Crippen molar-refractivity contribution >= 4 is 28.3 Å². The van der Waals surface area contributed by atoms with Crippen molar-refractivity contribution in [1.82, 2.24) is 4.98 Å². The fourth-order valence-corrected chi connectivity index (χ4v) is 2.24. The average Bonchev–Trinajstić information content (AvgIpc) is 2.65. The molecular weight excluding hydrogens is 324 g/mol. The predicted octanol–water partition coefficient (Wildman–Crippen LogP) is 3.18. The number of fused-ring (bicyclic) bond motifs is 1. The number of pyridine rings is 1. The Morgan fingerprint density at radius 3 is 2.44 bits per heavy atom. The van der Waals surface area contributed by atoms with Crippen LogP contribution in [0.2, 0.25) is 0 Å². The summed E-state index contributed by atoms with van der Waals surface area (Å²) in [6.07, 6.45) is 0. The second-order valence-corrected chi connectivity index (χ2v) is 5.19. The van der Waals surface area contributed by atoms with Crippen molar-refractivity contribution in [3.8, 4) is 0 Å². The lowest BCUT2D eigenvalue weighted by molar-refractivity contribution is -0.384. The topological polar surface area (TPSA) is 99.4 Å². The van der Waals surface area contributed by atoms with Gasteiger partial charge in [-0.2, -0.15) is 0 Å². The van der Waals surface area contributed by atoms with E-state index in [-0.39, 0.29) is 16.9 Å². The van der Waals surface area contributed by atoms with Crippen LogP contribution in [0.5, 0.6) is 0 Å². The number of benzene rings is 2. The number of carbonyl (C=O) groups excluding carboxylic acids is 2. The maximum Gasteiger partial charge on any atom is 0.357 e. The molecule has 0 amide bonds. The van der Waals surface area contributed by atoms with Gasteiger partial charge in [0.1, 0.15) is 5.69 Å². The summed E-state index contributed by atoms with van der Waals surface area (Å²) in [6, 6.07) is 15.7. The average molecular weight is 336 g/mol. The number of non-ortho nitro benzene ring substituents is 1. The molecule has 25 heavy (non-hydrogen) atoms. The van der Waals surface area contributed by atoms with Gasteiger partial charge < -0.3 is 4.74 Å². The monoisotopic (exact) mass is 336 g/mol. The number of nitrogens with zero attached hydrogens (tertiary/aromatic N) is 2. The largest absolute Gasteiger partial charge is 0.453 e. The van der Waals surface area contributed by atoms with Crippen molar-refractivity contribution in [2.75, 3.05) is 6.61 Å². The predicted molar refractivity (Wildman–Crippen MR) is 89.5 cm³/mol. The minimum absolute atomic E-state index is 0.107. The number of aromatic nitrogens is 1. The molecule has 0 fully saturated rings. The zero-order valence-corrected chi connectivity index (χ0v) is 12.9. The second kappa shape index (κ2) is 6.88. The van der Waals surface area contributed by atoms with E-state index in [1.165, 1.54) is 30.3 Å². The fraction of sp³-hybridized carbons (Fsp3) is 0.0556. The lowest BCUT2D eigenvalue weighted by Gasteiger charge is -2.05. The highest BCUT2D eigenvalue weighted by Crippen LogP contribution is 2.14. The lowest BCUT2D eigenvalue weighted by Crippen LogP contribution is -2.15. The standard InChI is InChI=1S/C18H12N2O5/c21-17(13-5-8-14(9-6-13)20(23)24)11-25-18(22)16-10-7-12-3-1-2-4-15(12)19-16/h1-10H,11H2. The van der Waals surface area contributed by atoms with Crippen LogP contribution in [0.25, 0.3) is 10.9 Å². The number of hydrogen-bond donors (Lipinski definition) is 0. The summed E-state index contributed by atoms with van der Waals surface area (Å²) in [5.41, 5.74) is 0.868. The molecule has 0 N–H and O–H groups in total. The number of nitro groups is 1. The third-order valence-corrected chi connectivity index (χ3v) is 3.54. The quantitative estimate of drug-likeness (QED) is 0.307. The molecule has 3 rings (SSSR count). The number of ether oxygens (including phenoxy) is 1. The van der Waals surface area contributed by atoms with E-state index in [1.54, 1.807) is 12.1 Å². The second-order valence-electron chi connectivity index (χ2n) is 5.19. The molecule has 3 aromatic rings. The van der Waals surface area contributed by atoms with Crippen LogP contribution in [-0.4, -0.2) is 28.3 Å². The van der Waals surface area contributed by atoms with Gasteiger partial charge in [0, 0.05) is 23.1 Å². The maximum absolute atomic E-state index is 12.0. The normalized spacial score (nSPS) is 10.4. The van der Waals surface area contributed by atoms with E-state index in [1.807, 2.05) is 18.2 Å². The minimum atomic E-state index is -0.707. The molecule has 0 bridgehead atoms. The third-order valence-electron chi connectivity index (χ3n) is 3.54. The third kappa shape index (κ3) is 3.66. The molecule has 124 valence electrons. The zero-order chi connectivity index (χ0) is 17.8. The van der Waals surface area contributed by atoms with Gasteiger partial charge in [0.15, 0.2) is 12.4 Å². The first kappa shape index (κ1) is 16.3. The smallest absolute Gasteiger partial charge is 0.357 e. The van der Waals surface area contributed by atoms with Crippen molar-refractivity contribution in [3.63, 3.8) is 0 Å². The van der Waals surface area contributed by atoms with Gasteiger partial charge in [-0.1, -0.05) is 24.3 Å². The fourth-order valence-electron chi connectivity index (χ4n) is 2.24. The molecule has 0 saturated heterocycles. The van der Waals surface area contributed by atoms with E-state index in [2.05, 4.69) is 4.98 Å². The molecule has 0 aliphatic heterocycles. The van der Waals surface area contributed by atoms with Gasteiger partial charge in [-0.05, 0) is 24.3 Å². The molecule has 0 saturated carbocycles. The van der Waals surface area contributed by atoms with Crippen LogP contribution >= 0.6 is 0 Å². The summed E-state index contributed by atoms with van der Waals surface area (Å²) < 4.78 is 4.99. The van der Waals surface area contributed by atoms with Crippen molar-refractivity contribution < 1.29 is 19.2 Å². The van der Waals surface area contributed by atoms with Crippen LogP contribution < -0.4 is 0 Å². The Kier molecular flexibility index (Phi) is 4.47. The summed E-state index contributed by atoms with van der Waals surface area (Å²) in [5, 5.41) is 11.5. The van der Waals surface area contributed by atoms with Crippen LogP contribution in [0.1, 0.15) is 20.8 Å². The minimum Gasteiger partial charge on any atom is -0.453 e. The van der Waals surface area contributed by atoms with Crippen LogP contribution in [0.3, 0.4) is 0 Å². The van der Waals surface area contributed by atoms with Gasteiger partial charge in [0.25, 0.3) is 5.69 Å². The first-order chi connectivity index (χ1) is 12.0. The highest BCUT2D eigenvalue weighted by molar-refractivity contribution is 5.99. The molecule has 1 heterocycles. The van der Waals surface area contributed by atoms with Gasteiger partial charge >= 0.3 is 5.97 Å². The van der Waals surface area contributed by atoms with Crippen molar-refractivity contribution in [3.05, 3.63) is 82.0 Å². The number of ketones is 1. The highest BCUT2D eigenvalue weighted by Gasteiger charge is 2.14. The van der Waals surface area contributed by atoms with Gasteiger partial charge in [-0.15, -0.1) is 0 Å². The number of carbonyl (C=O) groups is 2. The summed E-state index contributed by atoms with van der Waals surface area (Å²) in [5.74, 6) is -1.16. The number of hydrogen-bond acceptors (Lipinski definition) is 6. The Labute approximate surface area is 142 Å². The molecule has 0 spiro atoms. The van der Waals surface area contributed by atoms with Gasteiger partial charge in [-0.25, -0.2) is 9.78 Å². The van der Waals surface area contributed by atoms with Gasteiger partial charge in [-0.3, -0.25) is 14.9 Å². The summed E-state index contributed by atoms with van der Waals surface area (Å²) in [7, 11) is 0. The molecular formula is C18H12N2O5. The highest BCUT2D eigenvalue weighted by atomic mass is 16.6. The number of nitro benzene ring substituents is 1.